The molecule has 5 heteroatoms. The molecule has 0 heterocycles. The molecule has 0 atom stereocenters. The first kappa shape index (κ1) is 13.8. The van der Waals surface area contributed by atoms with Crippen LogP contribution in [0, 0.1) is 5.41 Å². The fraction of sp³-hybridized carbons (Fsp3) is 0.833. The van der Waals surface area contributed by atoms with Gasteiger partial charge in [-0.05, 0) is 31.1 Å². The van der Waals surface area contributed by atoms with E-state index in [9.17, 15) is 9.59 Å². The summed E-state index contributed by atoms with van der Waals surface area (Å²) in [7, 11) is 1.70. The highest BCUT2D eigenvalue weighted by Crippen LogP contribution is 2.47. The highest BCUT2D eigenvalue weighted by molar-refractivity contribution is 5.74. The number of hydrogen-bond acceptors (Lipinski definition) is 2. The lowest BCUT2D eigenvalue weighted by Gasteiger charge is -2.20. The average molecular weight is 242 g/mol. The first-order valence-electron chi connectivity index (χ1n) is 6.20. The molecule has 0 aromatic rings. The Morgan fingerprint density at radius 2 is 2.06 bits per heavy atom. The molecule has 0 saturated heterocycles. The first-order valence-corrected chi connectivity index (χ1v) is 6.20. The lowest BCUT2D eigenvalue weighted by molar-refractivity contribution is -0.137. The second-order valence-electron chi connectivity index (χ2n) is 4.93. The Kier molecular flexibility index (Phi) is 4.78. The van der Waals surface area contributed by atoms with Crippen LogP contribution < -0.4 is 5.32 Å². The van der Waals surface area contributed by atoms with Crippen LogP contribution in [0.2, 0.25) is 0 Å². The number of aliphatic carboxylic acids is 1. The molecule has 5 nitrogen and oxygen atoms in total. The normalized spacial score (nSPS) is 16.4. The van der Waals surface area contributed by atoms with Crippen molar-refractivity contribution >= 4 is 12.0 Å². The second kappa shape index (κ2) is 5.89. The number of amides is 2. The molecule has 98 valence electrons. The smallest absolute Gasteiger partial charge is 0.317 e. The summed E-state index contributed by atoms with van der Waals surface area (Å²) in [6.07, 6.45) is 4.11. The van der Waals surface area contributed by atoms with Crippen molar-refractivity contribution in [2.24, 2.45) is 5.41 Å². The quantitative estimate of drug-likeness (QED) is 0.713. The van der Waals surface area contributed by atoms with Gasteiger partial charge in [-0.3, -0.25) is 4.79 Å². The van der Waals surface area contributed by atoms with Gasteiger partial charge in [0, 0.05) is 26.6 Å². The van der Waals surface area contributed by atoms with Crippen molar-refractivity contribution in [1.29, 1.82) is 0 Å². The number of rotatable bonds is 7. The van der Waals surface area contributed by atoms with Crippen molar-refractivity contribution in [3.63, 3.8) is 0 Å². The highest BCUT2D eigenvalue weighted by atomic mass is 16.4. The molecule has 0 unspecified atom stereocenters. The highest BCUT2D eigenvalue weighted by Gasteiger charge is 2.40. The third kappa shape index (κ3) is 4.63. The maximum absolute atomic E-state index is 11.7. The summed E-state index contributed by atoms with van der Waals surface area (Å²) >= 11 is 0. The number of nitrogens with zero attached hydrogens (tertiary/aromatic N) is 1. The zero-order valence-corrected chi connectivity index (χ0v) is 10.7. The lowest BCUT2D eigenvalue weighted by atomic mass is 10.0. The van der Waals surface area contributed by atoms with Gasteiger partial charge in [0.15, 0.2) is 0 Å². The Balaban J connectivity index is 2.16. The summed E-state index contributed by atoms with van der Waals surface area (Å²) in [5, 5.41) is 11.4. The SMILES string of the molecule is CCC1(CNC(=O)N(C)CCCC(=O)O)CC1. The Morgan fingerprint density at radius 3 is 2.53 bits per heavy atom. The third-order valence-electron chi connectivity index (χ3n) is 3.55. The van der Waals surface area contributed by atoms with Crippen LogP contribution in [-0.2, 0) is 4.79 Å². The van der Waals surface area contributed by atoms with Crippen molar-refractivity contribution in [3.05, 3.63) is 0 Å². The molecule has 0 spiro atoms. The van der Waals surface area contributed by atoms with Crippen molar-refractivity contribution in [2.75, 3.05) is 20.1 Å². The predicted octanol–water partition coefficient (Wildman–Crippen LogP) is 1.68. The van der Waals surface area contributed by atoms with E-state index in [4.69, 9.17) is 5.11 Å². The minimum Gasteiger partial charge on any atom is -0.481 e. The number of carbonyl (C=O) groups is 2. The minimum absolute atomic E-state index is 0.102. The van der Waals surface area contributed by atoms with Gasteiger partial charge in [-0.2, -0.15) is 0 Å². The largest absolute Gasteiger partial charge is 0.481 e. The Hall–Kier alpha value is -1.26. The molecule has 0 bridgehead atoms. The molecule has 1 rings (SSSR count). The van der Waals surface area contributed by atoms with Gasteiger partial charge in [0.2, 0.25) is 0 Å². The van der Waals surface area contributed by atoms with Crippen LogP contribution in [0.3, 0.4) is 0 Å². The number of nitrogens with one attached hydrogen (secondary N) is 1. The van der Waals surface area contributed by atoms with Gasteiger partial charge in [0.05, 0.1) is 0 Å². The molecule has 1 aliphatic carbocycles. The molecule has 2 N–H and O–H groups in total. The van der Waals surface area contributed by atoms with Crippen molar-refractivity contribution in [2.45, 2.75) is 39.0 Å². The van der Waals surface area contributed by atoms with Gasteiger partial charge >= 0.3 is 12.0 Å². The molecular formula is C12H22N2O3. The molecule has 1 aliphatic rings. The van der Waals surface area contributed by atoms with Crippen LogP contribution in [0.4, 0.5) is 4.79 Å². The molecule has 0 radical (unpaired) electrons. The van der Waals surface area contributed by atoms with Gasteiger partial charge in [0.25, 0.3) is 0 Å². The predicted molar refractivity (Wildman–Crippen MR) is 64.9 cm³/mol. The van der Waals surface area contributed by atoms with Gasteiger partial charge in [0.1, 0.15) is 0 Å². The van der Waals surface area contributed by atoms with Crippen LogP contribution in [0.25, 0.3) is 0 Å². The number of hydrogen-bond donors (Lipinski definition) is 2. The van der Waals surface area contributed by atoms with E-state index < -0.39 is 5.97 Å². The summed E-state index contributed by atoms with van der Waals surface area (Å²) in [5.74, 6) is -0.818. The Morgan fingerprint density at radius 1 is 1.41 bits per heavy atom. The van der Waals surface area contributed by atoms with Crippen LogP contribution in [0.1, 0.15) is 39.0 Å². The molecule has 1 fully saturated rings. The van der Waals surface area contributed by atoms with Crippen molar-refractivity contribution in [3.8, 4) is 0 Å². The van der Waals surface area contributed by atoms with Crippen LogP contribution in [0.5, 0.6) is 0 Å². The standard InChI is InChI=1S/C12H22N2O3/c1-3-12(6-7-12)9-13-11(17)14(2)8-4-5-10(15)16/h3-9H2,1-2H3,(H,13,17)(H,15,16). The summed E-state index contributed by atoms with van der Waals surface area (Å²) in [4.78, 5) is 23.6. The van der Waals surface area contributed by atoms with E-state index in [-0.39, 0.29) is 12.5 Å². The molecule has 2 amide bonds. The summed E-state index contributed by atoms with van der Waals surface area (Å²) in [5.41, 5.74) is 0.345. The maximum atomic E-state index is 11.7. The van der Waals surface area contributed by atoms with E-state index in [2.05, 4.69) is 12.2 Å². The second-order valence-corrected chi connectivity index (χ2v) is 4.93. The number of carbonyl (C=O) groups excluding carboxylic acids is 1. The van der Waals surface area contributed by atoms with Gasteiger partial charge < -0.3 is 15.3 Å². The Labute approximate surface area is 102 Å². The molecule has 0 aromatic carbocycles. The van der Waals surface area contributed by atoms with Crippen LogP contribution in [0.15, 0.2) is 0 Å². The van der Waals surface area contributed by atoms with Crippen LogP contribution in [-0.4, -0.2) is 42.1 Å². The molecular weight excluding hydrogens is 220 g/mol. The summed E-state index contributed by atoms with van der Waals surface area (Å²) in [6, 6.07) is -0.102. The van der Waals surface area contributed by atoms with Crippen molar-refractivity contribution < 1.29 is 14.7 Å². The van der Waals surface area contributed by atoms with E-state index in [1.54, 1.807) is 11.9 Å². The van der Waals surface area contributed by atoms with E-state index >= 15 is 0 Å². The number of carboxylic acids is 1. The third-order valence-corrected chi connectivity index (χ3v) is 3.55. The molecule has 0 aliphatic heterocycles. The van der Waals surface area contributed by atoms with E-state index in [1.165, 1.54) is 12.8 Å². The average Bonchev–Trinajstić information content (AvgIpc) is 3.06. The summed E-state index contributed by atoms with van der Waals surface area (Å²) < 4.78 is 0. The van der Waals surface area contributed by atoms with Crippen LogP contribution >= 0.6 is 0 Å². The molecule has 0 aromatic heterocycles. The fourth-order valence-electron chi connectivity index (χ4n) is 1.80. The number of carboxylic acid groups (broad SMARTS) is 1. The topological polar surface area (TPSA) is 69.6 Å². The zero-order valence-electron chi connectivity index (χ0n) is 10.7. The number of urea groups is 1. The van der Waals surface area contributed by atoms with Gasteiger partial charge in [-0.15, -0.1) is 0 Å². The van der Waals surface area contributed by atoms with E-state index in [1.807, 2.05) is 0 Å². The van der Waals surface area contributed by atoms with E-state index in [0.717, 1.165) is 13.0 Å². The lowest BCUT2D eigenvalue weighted by Crippen LogP contribution is -2.40. The minimum atomic E-state index is -0.818. The van der Waals surface area contributed by atoms with Gasteiger partial charge in [-0.25, -0.2) is 4.79 Å². The molecule has 1 saturated carbocycles. The van der Waals surface area contributed by atoms with Crippen molar-refractivity contribution in [1.82, 2.24) is 10.2 Å². The summed E-state index contributed by atoms with van der Waals surface area (Å²) in [6.45, 7) is 3.37. The fourth-order valence-corrected chi connectivity index (χ4v) is 1.80. The zero-order chi connectivity index (χ0) is 12.9. The van der Waals surface area contributed by atoms with E-state index in [0.29, 0.717) is 18.4 Å². The first-order chi connectivity index (χ1) is 7.99. The monoisotopic (exact) mass is 242 g/mol. The van der Waals surface area contributed by atoms with Gasteiger partial charge in [-0.1, -0.05) is 6.92 Å². The maximum Gasteiger partial charge on any atom is 0.317 e. The Bertz CT molecular complexity index is 287. The molecule has 17 heavy (non-hydrogen) atoms.